The summed E-state index contributed by atoms with van der Waals surface area (Å²) >= 11 is 12.1. The van der Waals surface area contributed by atoms with Gasteiger partial charge in [-0.2, -0.15) is 0 Å². The van der Waals surface area contributed by atoms with Gasteiger partial charge in [-0.3, -0.25) is 0 Å². The minimum absolute atomic E-state index is 0.379. The topological polar surface area (TPSA) is 9.23 Å². The number of para-hydroxylation sites is 2. The first-order valence-electron chi connectivity index (χ1n) is 5.85. The van der Waals surface area contributed by atoms with E-state index in [1.807, 2.05) is 42.5 Å². The Kier molecular flexibility index (Phi) is 4.51. The van der Waals surface area contributed by atoms with E-state index in [0.29, 0.717) is 16.7 Å². The van der Waals surface area contributed by atoms with E-state index in [9.17, 15) is 0 Å². The average molecular weight is 281 g/mol. The molecule has 0 aliphatic heterocycles. The summed E-state index contributed by atoms with van der Waals surface area (Å²) in [5.41, 5.74) is 2.05. The van der Waals surface area contributed by atoms with Gasteiger partial charge >= 0.3 is 0 Å². The summed E-state index contributed by atoms with van der Waals surface area (Å²) in [6, 6.07) is 13.5. The lowest BCUT2D eigenvalue weighted by Gasteiger charge is -2.13. The molecule has 0 bridgehead atoms. The Bertz CT molecular complexity index is 538. The van der Waals surface area contributed by atoms with E-state index < -0.39 is 0 Å². The lowest BCUT2D eigenvalue weighted by atomic mass is 10.1. The summed E-state index contributed by atoms with van der Waals surface area (Å²) in [7, 11) is 0. The minimum atomic E-state index is 0.379. The zero-order valence-corrected chi connectivity index (χ0v) is 11.6. The van der Waals surface area contributed by atoms with Gasteiger partial charge in [0.2, 0.25) is 0 Å². The lowest BCUT2D eigenvalue weighted by molar-refractivity contribution is 0.473. The van der Waals surface area contributed by atoms with Crippen LogP contribution in [0.5, 0.6) is 11.5 Å². The maximum atomic E-state index is 6.17. The lowest BCUT2D eigenvalue weighted by Crippen LogP contribution is -1.94. The van der Waals surface area contributed by atoms with Crippen LogP contribution < -0.4 is 4.74 Å². The molecule has 18 heavy (non-hydrogen) atoms. The van der Waals surface area contributed by atoms with Gasteiger partial charge in [0.1, 0.15) is 11.5 Å². The molecular formula is C15H14Cl2O. The molecular weight excluding hydrogens is 267 g/mol. The van der Waals surface area contributed by atoms with Crippen LogP contribution in [0, 0.1) is 0 Å². The second kappa shape index (κ2) is 6.12. The molecule has 0 saturated carbocycles. The molecule has 2 aromatic rings. The Morgan fingerprint density at radius 1 is 1.00 bits per heavy atom. The maximum absolute atomic E-state index is 6.17. The van der Waals surface area contributed by atoms with Crippen molar-refractivity contribution in [1.29, 1.82) is 0 Å². The van der Waals surface area contributed by atoms with Gasteiger partial charge in [0.25, 0.3) is 0 Å². The van der Waals surface area contributed by atoms with Crippen LogP contribution in [-0.4, -0.2) is 0 Å². The Labute approximate surface area is 117 Å². The van der Waals surface area contributed by atoms with Crippen molar-refractivity contribution in [2.75, 3.05) is 0 Å². The van der Waals surface area contributed by atoms with Crippen LogP contribution in [-0.2, 0) is 12.3 Å². The zero-order chi connectivity index (χ0) is 13.0. The second-order valence-corrected chi connectivity index (χ2v) is 4.60. The van der Waals surface area contributed by atoms with Gasteiger partial charge in [-0.1, -0.05) is 48.9 Å². The molecule has 0 atom stereocenters. The smallest absolute Gasteiger partial charge is 0.150 e. The highest BCUT2D eigenvalue weighted by atomic mass is 35.5. The van der Waals surface area contributed by atoms with Crippen molar-refractivity contribution < 1.29 is 4.74 Å². The third-order valence-electron chi connectivity index (χ3n) is 2.76. The van der Waals surface area contributed by atoms with E-state index in [4.69, 9.17) is 27.9 Å². The predicted molar refractivity (Wildman–Crippen MR) is 76.9 cm³/mol. The van der Waals surface area contributed by atoms with Crippen molar-refractivity contribution in [3.05, 3.63) is 58.6 Å². The van der Waals surface area contributed by atoms with Gasteiger partial charge in [0.05, 0.1) is 10.9 Å². The monoisotopic (exact) mass is 280 g/mol. The summed E-state index contributed by atoms with van der Waals surface area (Å²) in [6.45, 7) is 2.09. The van der Waals surface area contributed by atoms with E-state index >= 15 is 0 Å². The van der Waals surface area contributed by atoms with Crippen molar-refractivity contribution in [3.8, 4) is 11.5 Å². The molecule has 1 nitrogen and oxygen atoms in total. The molecule has 0 spiro atoms. The average Bonchev–Trinajstić information content (AvgIpc) is 2.41. The Balaban J connectivity index is 2.39. The highest BCUT2D eigenvalue weighted by Gasteiger charge is 2.10. The van der Waals surface area contributed by atoms with Gasteiger partial charge in [0, 0.05) is 5.56 Å². The number of halogens is 2. The molecule has 0 saturated heterocycles. The van der Waals surface area contributed by atoms with Gasteiger partial charge < -0.3 is 4.74 Å². The van der Waals surface area contributed by atoms with Gasteiger partial charge in [-0.25, -0.2) is 0 Å². The Hall–Kier alpha value is -1.18. The third kappa shape index (κ3) is 2.80. The van der Waals surface area contributed by atoms with Crippen LogP contribution in [0.3, 0.4) is 0 Å². The second-order valence-electron chi connectivity index (χ2n) is 3.93. The predicted octanol–water partition coefficient (Wildman–Crippen LogP) is 5.43. The highest BCUT2D eigenvalue weighted by molar-refractivity contribution is 6.32. The minimum Gasteiger partial charge on any atom is -0.455 e. The molecule has 94 valence electrons. The number of hydrogen-bond donors (Lipinski definition) is 0. The van der Waals surface area contributed by atoms with Crippen LogP contribution in [0.1, 0.15) is 18.1 Å². The summed E-state index contributed by atoms with van der Waals surface area (Å²) in [5.74, 6) is 1.86. The first-order chi connectivity index (χ1) is 8.76. The third-order valence-corrected chi connectivity index (χ3v) is 3.34. The van der Waals surface area contributed by atoms with Crippen molar-refractivity contribution >= 4 is 23.2 Å². The van der Waals surface area contributed by atoms with E-state index in [1.54, 1.807) is 0 Å². The molecule has 0 unspecified atom stereocenters. The van der Waals surface area contributed by atoms with Crippen molar-refractivity contribution in [1.82, 2.24) is 0 Å². The molecule has 2 rings (SSSR count). The normalized spacial score (nSPS) is 10.4. The molecule has 0 N–H and O–H groups in total. The fourth-order valence-electron chi connectivity index (χ4n) is 1.78. The molecule has 0 heterocycles. The summed E-state index contributed by atoms with van der Waals surface area (Å²) < 4.78 is 5.94. The fourth-order valence-corrected chi connectivity index (χ4v) is 2.22. The van der Waals surface area contributed by atoms with Crippen molar-refractivity contribution in [3.63, 3.8) is 0 Å². The van der Waals surface area contributed by atoms with E-state index in [1.165, 1.54) is 0 Å². The van der Waals surface area contributed by atoms with E-state index in [2.05, 4.69) is 6.92 Å². The molecule has 2 aromatic carbocycles. The molecule has 0 radical (unpaired) electrons. The van der Waals surface area contributed by atoms with Gasteiger partial charge in [-0.15, -0.1) is 11.6 Å². The van der Waals surface area contributed by atoms with Crippen LogP contribution in [0.4, 0.5) is 0 Å². The standard InChI is InChI=1S/C15H14Cl2O/c1-2-11-6-3-4-9-14(11)18-15-12(10-16)7-5-8-13(15)17/h3-9H,2,10H2,1H3. The summed E-state index contributed by atoms with van der Waals surface area (Å²) in [4.78, 5) is 0. The fraction of sp³-hybridized carbons (Fsp3) is 0.200. The number of benzene rings is 2. The van der Waals surface area contributed by atoms with Crippen LogP contribution >= 0.6 is 23.2 Å². The molecule has 0 aliphatic carbocycles. The zero-order valence-electron chi connectivity index (χ0n) is 10.1. The number of hydrogen-bond acceptors (Lipinski definition) is 1. The summed E-state index contributed by atoms with van der Waals surface area (Å²) in [5, 5.41) is 0.582. The molecule has 0 amide bonds. The van der Waals surface area contributed by atoms with Gasteiger partial charge in [0.15, 0.2) is 0 Å². The van der Waals surface area contributed by atoms with Crippen molar-refractivity contribution in [2.45, 2.75) is 19.2 Å². The molecule has 0 fully saturated rings. The Morgan fingerprint density at radius 3 is 2.44 bits per heavy atom. The van der Waals surface area contributed by atoms with Crippen LogP contribution in [0.2, 0.25) is 5.02 Å². The number of aryl methyl sites for hydroxylation is 1. The quantitative estimate of drug-likeness (QED) is 0.678. The molecule has 3 heteroatoms. The number of rotatable bonds is 4. The number of ether oxygens (including phenoxy) is 1. The number of alkyl halides is 1. The molecule has 0 aromatic heterocycles. The van der Waals surface area contributed by atoms with E-state index in [-0.39, 0.29) is 0 Å². The largest absolute Gasteiger partial charge is 0.455 e. The highest BCUT2D eigenvalue weighted by Crippen LogP contribution is 2.35. The van der Waals surface area contributed by atoms with Gasteiger partial charge in [-0.05, 0) is 24.1 Å². The van der Waals surface area contributed by atoms with E-state index in [0.717, 1.165) is 23.3 Å². The van der Waals surface area contributed by atoms with Crippen molar-refractivity contribution in [2.24, 2.45) is 0 Å². The van der Waals surface area contributed by atoms with Crippen LogP contribution in [0.15, 0.2) is 42.5 Å². The Morgan fingerprint density at radius 2 is 1.72 bits per heavy atom. The maximum Gasteiger partial charge on any atom is 0.150 e. The molecule has 0 aliphatic rings. The first kappa shape index (κ1) is 13.3. The van der Waals surface area contributed by atoms with Crippen LogP contribution in [0.25, 0.3) is 0 Å². The summed E-state index contributed by atoms with van der Waals surface area (Å²) in [6.07, 6.45) is 0.914. The first-order valence-corrected chi connectivity index (χ1v) is 6.76. The SMILES string of the molecule is CCc1ccccc1Oc1c(Cl)cccc1CCl.